The van der Waals surface area contributed by atoms with Crippen molar-refractivity contribution in [1.82, 2.24) is 9.62 Å². The molecule has 0 aliphatic carbocycles. The summed E-state index contributed by atoms with van der Waals surface area (Å²) in [5, 5.41) is 0. The number of aryl methyl sites for hydroxylation is 1. The number of methoxy groups -OCH3 is 1. The summed E-state index contributed by atoms with van der Waals surface area (Å²) < 4.78 is 37.6. The Hall–Kier alpha value is -2.32. The number of ether oxygens (including phenoxy) is 1. The number of sulfonamides is 1. The van der Waals surface area contributed by atoms with E-state index in [1.165, 1.54) is 31.3 Å². The highest BCUT2D eigenvalue weighted by molar-refractivity contribution is 7.89. The van der Waals surface area contributed by atoms with Crippen LogP contribution in [0.25, 0.3) is 0 Å². The number of nitrogens with zero attached hydrogens (tertiary/aromatic N) is 1. The fraction of sp³-hybridized carbons (Fsp3) is 0.353. The normalized spacial score (nSPS) is 11.3. The van der Waals surface area contributed by atoms with Crippen LogP contribution in [0, 0.1) is 6.92 Å². The van der Waals surface area contributed by atoms with E-state index in [2.05, 4.69) is 4.72 Å². The third-order valence-electron chi connectivity index (χ3n) is 3.72. The lowest BCUT2D eigenvalue weighted by molar-refractivity contribution is -0.129. The Morgan fingerprint density at radius 1 is 1.32 bits per heavy atom. The van der Waals surface area contributed by atoms with Crippen LogP contribution in [0.15, 0.2) is 45.9 Å². The van der Waals surface area contributed by atoms with Crippen LogP contribution in [0.3, 0.4) is 0 Å². The van der Waals surface area contributed by atoms with Crippen LogP contribution in [0.2, 0.25) is 0 Å². The number of hydrogen-bond acceptors (Lipinski definition) is 5. The molecule has 1 aromatic carbocycles. The van der Waals surface area contributed by atoms with Crippen molar-refractivity contribution in [2.24, 2.45) is 0 Å². The van der Waals surface area contributed by atoms with Gasteiger partial charge in [-0.05, 0) is 42.8 Å². The molecule has 0 spiro atoms. The minimum absolute atomic E-state index is 0.105. The standard InChI is InChI=1S/C17H22N2O5S/c1-13-11-16(6-7-17(13)23-3)25(21,22)18-8-9-19(14(2)20)12-15-5-4-10-24-15/h4-7,10-11,18H,8-9,12H2,1-3H3. The lowest BCUT2D eigenvalue weighted by Gasteiger charge is -2.20. The van der Waals surface area contributed by atoms with Crippen molar-refractivity contribution in [2.45, 2.75) is 25.3 Å². The molecule has 1 heterocycles. The van der Waals surface area contributed by atoms with Gasteiger partial charge < -0.3 is 14.1 Å². The van der Waals surface area contributed by atoms with Crippen molar-refractivity contribution in [3.63, 3.8) is 0 Å². The zero-order valence-corrected chi connectivity index (χ0v) is 15.3. The smallest absolute Gasteiger partial charge is 0.240 e. The second kappa shape index (κ2) is 8.17. The Bertz CT molecular complexity index is 816. The average Bonchev–Trinajstić information content (AvgIpc) is 3.06. The van der Waals surface area contributed by atoms with Gasteiger partial charge in [-0.15, -0.1) is 0 Å². The predicted molar refractivity (Wildman–Crippen MR) is 92.7 cm³/mol. The van der Waals surface area contributed by atoms with E-state index >= 15 is 0 Å². The van der Waals surface area contributed by atoms with E-state index < -0.39 is 10.0 Å². The summed E-state index contributed by atoms with van der Waals surface area (Å²) in [7, 11) is -2.13. The highest BCUT2D eigenvalue weighted by Crippen LogP contribution is 2.21. The number of benzene rings is 1. The molecule has 1 aromatic heterocycles. The van der Waals surface area contributed by atoms with Crippen LogP contribution in [-0.2, 0) is 21.4 Å². The molecule has 0 saturated heterocycles. The first-order valence-electron chi connectivity index (χ1n) is 7.75. The Kier molecular flexibility index (Phi) is 6.22. The summed E-state index contributed by atoms with van der Waals surface area (Å²) in [6.07, 6.45) is 1.53. The third-order valence-corrected chi connectivity index (χ3v) is 5.18. The third kappa shape index (κ3) is 5.07. The Morgan fingerprint density at radius 2 is 2.08 bits per heavy atom. The largest absolute Gasteiger partial charge is 0.496 e. The summed E-state index contributed by atoms with van der Waals surface area (Å²) in [5.74, 6) is 1.11. The molecular weight excluding hydrogens is 344 g/mol. The van der Waals surface area contributed by atoms with Crippen molar-refractivity contribution in [2.75, 3.05) is 20.2 Å². The van der Waals surface area contributed by atoms with E-state index in [1.807, 2.05) is 0 Å². The lowest BCUT2D eigenvalue weighted by atomic mass is 10.2. The first-order valence-corrected chi connectivity index (χ1v) is 9.24. The van der Waals surface area contributed by atoms with Gasteiger partial charge in [-0.2, -0.15) is 0 Å². The van der Waals surface area contributed by atoms with Crippen LogP contribution >= 0.6 is 0 Å². The highest BCUT2D eigenvalue weighted by atomic mass is 32.2. The van der Waals surface area contributed by atoms with Gasteiger partial charge in [0.15, 0.2) is 0 Å². The van der Waals surface area contributed by atoms with Gasteiger partial charge in [0, 0.05) is 20.0 Å². The lowest BCUT2D eigenvalue weighted by Crippen LogP contribution is -2.37. The second-order valence-electron chi connectivity index (χ2n) is 5.55. The molecule has 25 heavy (non-hydrogen) atoms. The maximum absolute atomic E-state index is 12.4. The molecule has 0 bridgehead atoms. The van der Waals surface area contributed by atoms with E-state index in [1.54, 1.807) is 31.2 Å². The summed E-state index contributed by atoms with van der Waals surface area (Å²) in [4.78, 5) is 13.4. The number of hydrogen-bond donors (Lipinski definition) is 1. The predicted octanol–water partition coefficient (Wildman–Crippen LogP) is 1.92. The molecule has 0 fully saturated rings. The molecule has 8 heteroatoms. The molecule has 0 saturated carbocycles. The van der Waals surface area contributed by atoms with Crippen molar-refractivity contribution >= 4 is 15.9 Å². The van der Waals surface area contributed by atoms with Gasteiger partial charge in [-0.3, -0.25) is 4.79 Å². The molecule has 7 nitrogen and oxygen atoms in total. The number of carbonyl (C=O) groups excluding carboxylic acids is 1. The maximum atomic E-state index is 12.4. The number of furan rings is 1. The van der Waals surface area contributed by atoms with Gasteiger partial charge in [0.2, 0.25) is 15.9 Å². The number of rotatable bonds is 8. The highest BCUT2D eigenvalue weighted by Gasteiger charge is 2.17. The van der Waals surface area contributed by atoms with Gasteiger partial charge in [0.25, 0.3) is 0 Å². The molecule has 0 aliphatic heterocycles. The second-order valence-corrected chi connectivity index (χ2v) is 7.32. The van der Waals surface area contributed by atoms with Crippen LogP contribution in [0.1, 0.15) is 18.2 Å². The molecular formula is C17H22N2O5S. The fourth-order valence-corrected chi connectivity index (χ4v) is 3.46. The van der Waals surface area contributed by atoms with Crippen LogP contribution in [0.4, 0.5) is 0 Å². The van der Waals surface area contributed by atoms with Crippen molar-refractivity contribution in [3.05, 3.63) is 47.9 Å². The number of amides is 1. The summed E-state index contributed by atoms with van der Waals surface area (Å²) in [6.45, 7) is 3.85. The summed E-state index contributed by atoms with van der Waals surface area (Å²) in [6, 6.07) is 8.15. The quantitative estimate of drug-likeness (QED) is 0.771. The molecule has 2 aromatic rings. The fourth-order valence-electron chi connectivity index (χ4n) is 2.35. The first kappa shape index (κ1) is 19.0. The molecule has 0 atom stereocenters. The van der Waals surface area contributed by atoms with E-state index in [9.17, 15) is 13.2 Å². The van der Waals surface area contributed by atoms with Gasteiger partial charge in [0.1, 0.15) is 11.5 Å². The van der Waals surface area contributed by atoms with E-state index in [4.69, 9.17) is 9.15 Å². The molecule has 0 radical (unpaired) electrons. The zero-order chi connectivity index (χ0) is 18.4. The van der Waals surface area contributed by atoms with Crippen molar-refractivity contribution in [1.29, 1.82) is 0 Å². The summed E-state index contributed by atoms with van der Waals surface area (Å²) in [5.41, 5.74) is 0.730. The molecule has 2 rings (SSSR count). The molecule has 0 aliphatic rings. The minimum Gasteiger partial charge on any atom is -0.496 e. The van der Waals surface area contributed by atoms with Crippen molar-refractivity contribution in [3.8, 4) is 5.75 Å². The number of carbonyl (C=O) groups is 1. The monoisotopic (exact) mass is 366 g/mol. The molecule has 1 N–H and O–H groups in total. The van der Waals surface area contributed by atoms with E-state index in [0.717, 1.165) is 5.56 Å². The van der Waals surface area contributed by atoms with E-state index in [0.29, 0.717) is 18.1 Å². The van der Waals surface area contributed by atoms with Crippen molar-refractivity contribution < 1.29 is 22.4 Å². The van der Waals surface area contributed by atoms with Gasteiger partial charge in [-0.1, -0.05) is 0 Å². The summed E-state index contributed by atoms with van der Waals surface area (Å²) >= 11 is 0. The first-order chi connectivity index (χ1) is 11.8. The van der Waals surface area contributed by atoms with Gasteiger partial charge in [0.05, 0.1) is 24.8 Å². The minimum atomic E-state index is -3.66. The average molecular weight is 366 g/mol. The van der Waals surface area contributed by atoms with E-state index in [-0.39, 0.29) is 23.9 Å². The zero-order valence-electron chi connectivity index (χ0n) is 14.5. The SMILES string of the molecule is COc1ccc(S(=O)(=O)NCCN(Cc2ccco2)C(C)=O)cc1C. The van der Waals surface area contributed by atoms with Crippen LogP contribution in [0.5, 0.6) is 5.75 Å². The van der Waals surface area contributed by atoms with Gasteiger partial charge in [-0.25, -0.2) is 13.1 Å². The van der Waals surface area contributed by atoms with Gasteiger partial charge >= 0.3 is 0 Å². The Balaban J connectivity index is 1.98. The topological polar surface area (TPSA) is 88.8 Å². The maximum Gasteiger partial charge on any atom is 0.240 e. The molecule has 136 valence electrons. The molecule has 1 amide bonds. The molecule has 0 unspecified atom stereocenters. The number of nitrogens with one attached hydrogen (secondary N) is 1. The Labute approximate surface area is 147 Å². The van der Waals surface area contributed by atoms with Crippen LogP contribution < -0.4 is 9.46 Å². The Morgan fingerprint density at radius 3 is 2.64 bits per heavy atom. The van der Waals surface area contributed by atoms with Crippen LogP contribution in [-0.4, -0.2) is 39.4 Å².